The predicted octanol–water partition coefficient (Wildman–Crippen LogP) is 9.76. The summed E-state index contributed by atoms with van der Waals surface area (Å²) in [6.45, 7) is 0.250. The molecule has 4 N–H and O–H groups in total. The molecule has 1 heterocycles. The molecule has 0 saturated carbocycles. The van der Waals surface area contributed by atoms with Gasteiger partial charge in [-0.3, -0.25) is 18.8 Å². The maximum atomic E-state index is 14.8. The standard InChI is InChI=1S/C49H48N3O7P/c50-48(54)42-23-13-20-40(30-42)34-51-44(29-26-36-14-5-1-6-15-36)47(53)45(31-37-16-7-2-8-17-37)52(49(51)55)33-39-24-27-43(28-25-39)58-35-60(56,57)59-46(41-21-11-4-12-22-41)32-38-18-9-3-10-19-38/h1-25,27-28,30,44,46,53H,26,29,31-35H2,(H2,50,54)(H,56,57). The molecule has 0 spiro atoms. The number of ether oxygens (including phenoxy) is 1. The minimum atomic E-state index is -4.23. The molecule has 0 saturated heterocycles. The van der Waals surface area contributed by atoms with E-state index < -0.39 is 32.0 Å². The number of carbonyl (C=O) groups is 2. The molecule has 11 heteroatoms. The van der Waals surface area contributed by atoms with Crippen molar-refractivity contribution in [3.8, 4) is 5.75 Å². The number of aryl methyl sites for hydroxylation is 1. The number of carbonyl (C=O) groups excluding carboxylic acids is 2. The number of aliphatic hydroxyl groups excluding tert-OH is 1. The molecule has 6 aromatic rings. The molecule has 1 aliphatic rings. The van der Waals surface area contributed by atoms with E-state index in [-0.39, 0.29) is 24.9 Å². The maximum Gasteiger partial charge on any atom is 0.365 e. The first-order valence-electron chi connectivity index (χ1n) is 19.9. The van der Waals surface area contributed by atoms with Crippen LogP contribution in [0.15, 0.2) is 181 Å². The first-order valence-corrected chi connectivity index (χ1v) is 21.7. The summed E-state index contributed by atoms with van der Waals surface area (Å²) in [5.74, 6) is -0.126. The van der Waals surface area contributed by atoms with E-state index in [4.69, 9.17) is 15.0 Å². The Morgan fingerprint density at radius 2 is 1.28 bits per heavy atom. The van der Waals surface area contributed by atoms with Crippen molar-refractivity contribution in [2.75, 3.05) is 6.35 Å². The van der Waals surface area contributed by atoms with Crippen LogP contribution in [0.2, 0.25) is 0 Å². The normalized spacial score (nSPS) is 15.7. The molecule has 7 rings (SSSR count). The van der Waals surface area contributed by atoms with Gasteiger partial charge in [-0.1, -0.05) is 146 Å². The first-order chi connectivity index (χ1) is 29.1. The summed E-state index contributed by atoms with van der Waals surface area (Å²) in [5, 5.41) is 12.2. The zero-order chi connectivity index (χ0) is 41.9. The molecule has 0 radical (unpaired) electrons. The fourth-order valence-corrected chi connectivity index (χ4v) is 8.40. The van der Waals surface area contributed by atoms with Crippen molar-refractivity contribution in [2.45, 2.75) is 50.9 Å². The minimum Gasteiger partial charge on any atom is -0.508 e. The summed E-state index contributed by atoms with van der Waals surface area (Å²) >= 11 is 0. The van der Waals surface area contributed by atoms with Gasteiger partial charge in [0.15, 0.2) is 6.35 Å². The van der Waals surface area contributed by atoms with Crippen molar-refractivity contribution in [3.05, 3.63) is 220 Å². The van der Waals surface area contributed by atoms with Crippen LogP contribution in [0.25, 0.3) is 0 Å². The van der Waals surface area contributed by atoms with Crippen molar-refractivity contribution in [2.24, 2.45) is 5.73 Å². The second kappa shape index (κ2) is 19.5. The Morgan fingerprint density at radius 1 is 0.700 bits per heavy atom. The molecular weight excluding hydrogens is 774 g/mol. The van der Waals surface area contributed by atoms with Gasteiger partial charge in [-0.05, 0) is 70.5 Å². The Labute approximate surface area is 350 Å². The van der Waals surface area contributed by atoms with Gasteiger partial charge in [0.1, 0.15) is 11.5 Å². The van der Waals surface area contributed by atoms with Crippen LogP contribution in [0, 0.1) is 0 Å². The third-order valence-electron chi connectivity index (χ3n) is 10.5. The number of allylic oxidation sites excluding steroid dienone is 1. The molecule has 0 fully saturated rings. The van der Waals surface area contributed by atoms with E-state index in [0.29, 0.717) is 48.3 Å². The Balaban J connectivity index is 1.12. The number of urea groups is 1. The number of benzene rings is 6. The van der Waals surface area contributed by atoms with Crippen molar-refractivity contribution < 1.29 is 33.4 Å². The van der Waals surface area contributed by atoms with Gasteiger partial charge in [-0.2, -0.15) is 0 Å². The van der Waals surface area contributed by atoms with Crippen LogP contribution in [0.5, 0.6) is 5.75 Å². The maximum absolute atomic E-state index is 14.8. The average molecular weight is 822 g/mol. The monoisotopic (exact) mass is 821 g/mol. The third kappa shape index (κ3) is 11.0. The van der Waals surface area contributed by atoms with Gasteiger partial charge in [-0.25, -0.2) is 4.79 Å². The smallest absolute Gasteiger partial charge is 0.365 e. The van der Waals surface area contributed by atoms with Crippen LogP contribution >= 0.6 is 7.60 Å². The average Bonchev–Trinajstić information content (AvgIpc) is 3.27. The summed E-state index contributed by atoms with van der Waals surface area (Å²) in [6, 6.07) is 51.5. The van der Waals surface area contributed by atoms with E-state index in [2.05, 4.69) is 0 Å². The topological polar surface area (TPSA) is 143 Å². The van der Waals surface area contributed by atoms with Crippen molar-refractivity contribution in [1.82, 2.24) is 9.80 Å². The summed E-state index contributed by atoms with van der Waals surface area (Å²) in [7, 11) is -4.23. The summed E-state index contributed by atoms with van der Waals surface area (Å²) in [6.07, 6.45) is 0.561. The van der Waals surface area contributed by atoms with E-state index >= 15 is 0 Å². The number of hydrogen-bond donors (Lipinski definition) is 3. The SMILES string of the molecule is NC(=O)c1cccc(CN2C(=O)N(Cc3ccc(OCP(=O)(O)OC(Cc4ccccc4)c4ccccc4)cc3)C(Cc3ccccc3)=C(O)C2CCc2ccccc2)c1. The van der Waals surface area contributed by atoms with Crippen LogP contribution in [0.3, 0.4) is 0 Å². The zero-order valence-corrected chi connectivity index (χ0v) is 34.0. The predicted molar refractivity (Wildman–Crippen MR) is 232 cm³/mol. The highest BCUT2D eigenvalue weighted by Gasteiger charge is 2.40. The lowest BCUT2D eigenvalue weighted by molar-refractivity contribution is 0.0999. The Morgan fingerprint density at radius 3 is 1.92 bits per heavy atom. The molecule has 1 aliphatic heterocycles. The summed E-state index contributed by atoms with van der Waals surface area (Å²) in [4.78, 5) is 41.1. The van der Waals surface area contributed by atoms with Crippen LogP contribution in [-0.4, -0.2) is 44.1 Å². The molecule has 3 amide bonds. The fourth-order valence-electron chi connectivity index (χ4n) is 7.43. The molecule has 3 atom stereocenters. The third-order valence-corrected chi connectivity index (χ3v) is 11.5. The van der Waals surface area contributed by atoms with Gasteiger partial charge in [-0.15, -0.1) is 0 Å². The lowest BCUT2D eigenvalue weighted by atomic mass is 9.96. The van der Waals surface area contributed by atoms with Gasteiger partial charge in [0.2, 0.25) is 5.91 Å². The zero-order valence-electron chi connectivity index (χ0n) is 33.1. The molecule has 6 aromatic carbocycles. The number of amides is 3. The van der Waals surface area contributed by atoms with Gasteiger partial charge in [0, 0.05) is 24.9 Å². The Bertz CT molecular complexity index is 2430. The number of primary amides is 1. The van der Waals surface area contributed by atoms with Crippen molar-refractivity contribution in [1.29, 1.82) is 0 Å². The van der Waals surface area contributed by atoms with Crippen molar-refractivity contribution in [3.63, 3.8) is 0 Å². The minimum absolute atomic E-state index is 0.0974. The second-order valence-electron chi connectivity index (χ2n) is 14.8. The molecule has 0 bridgehead atoms. The van der Waals surface area contributed by atoms with E-state index in [1.165, 1.54) is 0 Å². The number of aliphatic hydroxyl groups is 1. The molecule has 10 nitrogen and oxygen atoms in total. The van der Waals surface area contributed by atoms with E-state index in [0.717, 1.165) is 27.8 Å². The lowest BCUT2D eigenvalue weighted by Crippen LogP contribution is -2.53. The molecule has 60 heavy (non-hydrogen) atoms. The number of nitrogens with two attached hydrogens (primary N) is 1. The number of nitrogens with zero attached hydrogens (tertiary/aromatic N) is 2. The van der Waals surface area contributed by atoms with Crippen LogP contribution in [0.1, 0.15) is 56.3 Å². The second-order valence-corrected chi connectivity index (χ2v) is 16.6. The Hall–Kier alpha value is -6.45. The summed E-state index contributed by atoms with van der Waals surface area (Å²) in [5.41, 5.74) is 11.6. The quantitative estimate of drug-likeness (QED) is 0.0733. The molecule has 0 aliphatic carbocycles. The highest BCUT2D eigenvalue weighted by molar-refractivity contribution is 7.52. The van der Waals surface area contributed by atoms with Gasteiger partial charge in [0.25, 0.3) is 0 Å². The van der Waals surface area contributed by atoms with Crippen molar-refractivity contribution >= 4 is 19.5 Å². The molecule has 0 aromatic heterocycles. The number of hydrogen-bond acceptors (Lipinski definition) is 6. The largest absolute Gasteiger partial charge is 0.508 e. The first kappa shape index (κ1) is 41.7. The van der Waals surface area contributed by atoms with Gasteiger partial charge < -0.3 is 25.4 Å². The highest BCUT2D eigenvalue weighted by Crippen LogP contribution is 2.48. The van der Waals surface area contributed by atoms with E-state index in [1.807, 2.05) is 127 Å². The van der Waals surface area contributed by atoms with E-state index in [9.17, 15) is 24.2 Å². The van der Waals surface area contributed by atoms with Gasteiger partial charge >= 0.3 is 13.6 Å². The molecule has 3 unspecified atom stereocenters. The molecule has 306 valence electrons. The fraction of sp³-hybridized carbons (Fsp3) is 0.184. The van der Waals surface area contributed by atoms with E-state index in [1.54, 1.807) is 52.3 Å². The highest BCUT2D eigenvalue weighted by atomic mass is 31.2. The van der Waals surface area contributed by atoms with Crippen LogP contribution in [0.4, 0.5) is 4.79 Å². The van der Waals surface area contributed by atoms with Gasteiger partial charge in [0.05, 0.1) is 24.4 Å². The van der Waals surface area contributed by atoms with Crippen LogP contribution in [-0.2, 0) is 41.4 Å². The number of rotatable bonds is 18. The lowest BCUT2D eigenvalue weighted by Gasteiger charge is -2.42. The summed E-state index contributed by atoms with van der Waals surface area (Å²) < 4.78 is 25.1. The molecular formula is C49H48N3O7P. The van der Waals surface area contributed by atoms with Crippen LogP contribution < -0.4 is 10.5 Å². The Kier molecular flexibility index (Phi) is 13.6.